The van der Waals surface area contributed by atoms with Crippen LogP contribution in [0.2, 0.25) is 0 Å². The van der Waals surface area contributed by atoms with Crippen molar-refractivity contribution in [3.05, 3.63) is 11.3 Å². The molecule has 0 aromatic carbocycles. The van der Waals surface area contributed by atoms with Crippen LogP contribution in [-0.2, 0) is 24.6 Å². The fourth-order valence-electron chi connectivity index (χ4n) is 2.12. The van der Waals surface area contributed by atoms with E-state index in [0.717, 1.165) is 24.1 Å². The molecule has 0 saturated heterocycles. The van der Waals surface area contributed by atoms with Crippen LogP contribution < -0.4 is 5.73 Å². The topological polar surface area (TPSA) is 73.4 Å². The van der Waals surface area contributed by atoms with Crippen molar-refractivity contribution >= 4 is 11.9 Å². The van der Waals surface area contributed by atoms with E-state index in [1.807, 2.05) is 7.05 Å². The molecule has 0 aliphatic carbocycles. The molecule has 0 atom stereocenters. The number of carbonyl (C=O) groups excluding carboxylic acids is 1. The molecular weight excluding hydrogens is 208 g/mol. The van der Waals surface area contributed by atoms with Gasteiger partial charge in [-0.3, -0.25) is 4.68 Å². The third-order valence-corrected chi connectivity index (χ3v) is 2.99. The molecule has 1 aromatic rings. The average molecular weight is 224 g/mol. The van der Waals surface area contributed by atoms with Crippen LogP contribution in [0.4, 0.5) is 10.6 Å². The van der Waals surface area contributed by atoms with E-state index in [1.165, 1.54) is 7.11 Å². The standard InChI is InChI=1S/C10H16N4O2/c1-13-8-4-6-14(10(15)16-2)5-3-7(8)9(11)12-13/h3-6H2,1-2H3,(H2,11,12). The van der Waals surface area contributed by atoms with Crippen LogP contribution in [0.3, 0.4) is 0 Å². The zero-order chi connectivity index (χ0) is 11.7. The second-order valence-corrected chi connectivity index (χ2v) is 3.89. The normalized spacial score (nSPS) is 15.5. The second-order valence-electron chi connectivity index (χ2n) is 3.89. The lowest BCUT2D eigenvalue weighted by molar-refractivity contribution is 0.125. The molecule has 0 radical (unpaired) electrons. The van der Waals surface area contributed by atoms with Crippen LogP contribution in [-0.4, -0.2) is 41.0 Å². The molecule has 1 amide bonds. The fourth-order valence-corrected chi connectivity index (χ4v) is 2.12. The lowest BCUT2D eigenvalue weighted by Gasteiger charge is -2.18. The van der Waals surface area contributed by atoms with Gasteiger partial charge in [-0.1, -0.05) is 0 Å². The van der Waals surface area contributed by atoms with E-state index in [-0.39, 0.29) is 6.09 Å². The number of ether oxygens (including phenoxy) is 1. The molecule has 6 nitrogen and oxygen atoms in total. The van der Waals surface area contributed by atoms with E-state index in [4.69, 9.17) is 10.5 Å². The van der Waals surface area contributed by atoms with Crippen LogP contribution in [0, 0.1) is 0 Å². The zero-order valence-electron chi connectivity index (χ0n) is 9.56. The van der Waals surface area contributed by atoms with E-state index in [2.05, 4.69) is 5.10 Å². The lowest BCUT2D eigenvalue weighted by atomic mass is 10.1. The smallest absolute Gasteiger partial charge is 0.409 e. The Labute approximate surface area is 94.0 Å². The Morgan fingerprint density at radius 1 is 1.44 bits per heavy atom. The molecular formula is C10H16N4O2. The summed E-state index contributed by atoms with van der Waals surface area (Å²) in [7, 11) is 3.28. The van der Waals surface area contributed by atoms with Gasteiger partial charge in [0.05, 0.1) is 7.11 Å². The van der Waals surface area contributed by atoms with Crippen molar-refractivity contribution in [1.29, 1.82) is 0 Å². The Morgan fingerprint density at radius 2 is 2.12 bits per heavy atom. The molecule has 6 heteroatoms. The summed E-state index contributed by atoms with van der Waals surface area (Å²) in [6.07, 6.45) is 1.23. The number of nitrogen functional groups attached to an aromatic ring is 1. The molecule has 1 aliphatic heterocycles. The molecule has 2 rings (SSSR count). The Kier molecular flexibility index (Phi) is 2.72. The first-order chi connectivity index (χ1) is 7.63. The number of nitrogens with zero attached hydrogens (tertiary/aromatic N) is 3. The molecule has 0 saturated carbocycles. The number of aromatic nitrogens is 2. The van der Waals surface area contributed by atoms with Crippen molar-refractivity contribution in [2.45, 2.75) is 12.8 Å². The van der Waals surface area contributed by atoms with E-state index in [0.29, 0.717) is 18.9 Å². The maximum absolute atomic E-state index is 11.4. The summed E-state index contributed by atoms with van der Waals surface area (Å²) in [6, 6.07) is 0. The minimum Gasteiger partial charge on any atom is -0.453 e. The molecule has 0 fully saturated rings. The molecule has 2 N–H and O–H groups in total. The van der Waals surface area contributed by atoms with Gasteiger partial charge in [-0.25, -0.2) is 4.79 Å². The lowest BCUT2D eigenvalue weighted by Crippen LogP contribution is -2.33. The Bertz CT molecular complexity index is 385. The van der Waals surface area contributed by atoms with Gasteiger partial charge in [0.2, 0.25) is 0 Å². The third-order valence-electron chi connectivity index (χ3n) is 2.99. The van der Waals surface area contributed by atoms with Gasteiger partial charge < -0.3 is 15.4 Å². The molecule has 0 bridgehead atoms. The summed E-state index contributed by atoms with van der Waals surface area (Å²) in [5.41, 5.74) is 8.00. The highest BCUT2D eigenvalue weighted by Crippen LogP contribution is 2.20. The molecule has 2 heterocycles. The number of nitrogens with two attached hydrogens (primary N) is 1. The summed E-state index contributed by atoms with van der Waals surface area (Å²) in [6.45, 7) is 1.29. The van der Waals surface area contributed by atoms with Gasteiger partial charge in [0.25, 0.3) is 0 Å². The number of aryl methyl sites for hydroxylation is 1. The van der Waals surface area contributed by atoms with E-state index in [1.54, 1.807) is 9.58 Å². The number of fused-ring (bicyclic) bond motifs is 1. The Hall–Kier alpha value is -1.72. The highest BCUT2D eigenvalue weighted by atomic mass is 16.5. The number of rotatable bonds is 0. The number of carbonyl (C=O) groups is 1. The van der Waals surface area contributed by atoms with Crippen molar-refractivity contribution in [2.24, 2.45) is 7.05 Å². The van der Waals surface area contributed by atoms with E-state index < -0.39 is 0 Å². The number of hydrogen-bond acceptors (Lipinski definition) is 4. The quantitative estimate of drug-likeness (QED) is 0.681. The minimum absolute atomic E-state index is 0.278. The largest absolute Gasteiger partial charge is 0.453 e. The first-order valence-electron chi connectivity index (χ1n) is 5.26. The van der Waals surface area contributed by atoms with Gasteiger partial charge in [-0.05, 0) is 6.42 Å². The summed E-state index contributed by atoms with van der Waals surface area (Å²) in [5.74, 6) is 0.573. The van der Waals surface area contributed by atoms with Crippen LogP contribution in [0.5, 0.6) is 0 Å². The molecule has 88 valence electrons. The van der Waals surface area contributed by atoms with Crippen molar-refractivity contribution in [2.75, 3.05) is 25.9 Å². The third kappa shape index (κ3) is 1.70. The molecule has 1 aliphatic rings. The SMILES string of the molecule is COC(=O)N1CCc2c(N)nn(C)c2CC1. The number of hydrogen-bond donors (Lipinski definition) is 1. The maximum Gasteiger partial charge on any atom is 0.409 e. The summed E-state index contributed by atoms with van der Waals surface area (Å²) >= 11 is 0. The summed E-state index contributed by atoms with van der Waals surface area (Å²) in [5, 5.41) is 4.18. The highest BCUT2D eigenvalue weighted by molar-refractivity contribution is 5.67. The molecule has 16 heavy (non-hydrogen) atoms. The predicted octanol–water partition coefficient (Wildman–Crippen LogP) is 0.169. The Balaban J connectivity index is 2.19. The number of anilines is 1. The first-order valence-corrected chi connectivity index (χ1v) is 5.26. The monoisotopic (exact) mass is 224 g/mol. The van der Waals surface area contributed by atoms with Crippen LogP contribution in [0.25, 0.3) is 0 Å². The van der Waals surface area contributed by atoms with Gasteiger partial charge in [0, 0.05) is 37.8 Å². The highest BCUT2D eigenvalue weighted by Gasteiger charge is 2.22. The second kappa shape index (κ2) is 4.03. The van der Waals surface area contributed by atoms with Gasteiger partial charge in [-0.2, -0.15) is 5.10 Å². The maximum atomic E-state index is 11.4. The average Bonchev–Trinajstić information content (AvgIpc) is 2.46. The fraction of sp³-hybridized carbons (Fsp3) is 0.600. The Morgan fingerprint density at radius 3 is 2.81 bits per heavy atom. The first kappa shape index (κ1) is 10.8. The van der Waals surface area contributed by atoms with Crippen LogP contribution >= 0.6 is 0 Å². The predicted molar refractivity (Wildman–Crippen MR) is 59.0 cm³/mol. The summed E-state index contributed by atoms with van der Waals surface area (Å²) in [4.78, 5) is 13.1. The van der Waals surface area contributed by atoms with Gasteiger partial charge in [0.1, 0.15) is 5.82 Å². The van der Waals surface area contributed by atoms with Crippen molar-refractivity contribution in [3.63, 3.8) is 0 Å². The minimum atomic E-state index is -0.278. The summed E-state index contributed by atoms with van der Waals surface area (Å²) < 4.78 is 6.51. The van der Waals surface area contributed by atoms with Crippen molar-refractivity contribution in [3.8, 4) is 0 Å². The van der Waals surface area contributed by atoms with Gasteiger partial charge in [0.15, 0.2) is 0 Å². The number of methoxy groups -OCH3 is 1. The zero-order valence-corrected chi connectivity index (χ0v) is 9.56. The van der Waals surface area contributed by atoms with Crippen LogP contribution in [0.15, 0.2) is 0 Å². The molecule has 0 spiro atoms. The van der Waals surface area contributed by atoms with E-state index >= 15 is 0 Å². The van der Waals surface area contributed by atoms with Crippen molar-refractivity contribution < 1.29 is 9.53 Å². The molecule has 1 aromatic heterocycles. The van der Waals surface area contributed by atoms with Gasteiger partial charge in [-0.15, -0.1) is 0 Å². The van der Waals surface area contributed by atoms with Crippen molar-refractivity contribution in [1.82, 2.24) is 14.7 Å². The van der Waals surface area contributed by atoms with Crippen LogP contribution in [0.1, 0.15) is 11.3 Å². The molecule has 0 unspecified atom stereocenters. The number of amides is 1. The van der Waals surface area contributed by atoms with Gasteiger partial charge >= 0.3 is 6.09 Å². The van der Waals surface area contributed by atoms with E-state index in [9.17, 15) is 4.79 Å².